The number of hydrogen-bond donors (Lipinski definition) is 1. The zero-order valence-corrected chi connectivity index (χ0v) is 19.8. The molecule has 8 nitrogen and oxygen atoms in total. The average molecular weight is 451 g/mol. The SMILES string of the molecule is C[C@H](Nc1nccc(N2C(=O)OC[C@]2(C)C2CC2)n1)c1ccc(CN2CCN(C)CC2)cc1. The number of piperazine rings is 1. The molecule has 33 heavy (non-hydrogen) atoms. The Balaban J connectivity index is 1.24. The van der Waals surface area contributed by atoms with Crippen molar-refractivity contribution in [2.75, 3.05) is 50.1 Å². The maximum atomic E-state index is 12.5. The zero-order chi connectivity index (χ0) is 23.0. The minimum Gasteiger partial charge on any atom is -0.447 e. The number of benzene rings is 1. The van der Waals surface area contributed by atoms with Gasteiger partial charge in [0, 0.05) is 38.9 Å². The van der Waals surface area contributed by atoms with E-state index in [1.807, 2.05) is 0 Å². The van der Waals surface area contributed by atoms with E-state index in [4.69, 9.17) is 4.74 Å². The highest BCUT2D eigenvalue weighted by Gasteiger charge is 2.54. The third-order valence-corrected chi connectivity index (χ3v) is 7.34. The average Bonchev–Trinajstić information content (AvgIpc) is 3.62. The summed E-state index contributed by atoms with van der Waals surface area (Å²) in [7, 11) is 2.18. The first-order valence-electron chi connectivity index (χ1n) is 12.0. The molecule has 0 unspecified atom stereocenters. The summed E-state index contributed by atoms with van der Waals surface area (Å²) in [4.78, 5) is 28.2. The van der Waals surface area contributed by atoms with Crippen molar-refractivity contribution >= 4 is 17.9 Å². The van der Waals surface area contributed by atoms with E-state index in [1.54, 1.807) is 17.2 Å². The number of cyclic esters (lactones) is 1. The quantitative estimate of drug-likeness (QED) is 0.692. The third-order valence-electron chi connectivity index (χ3n) is 7.34. The summed E-state index contributed by atoms with van der Waals surface area (Å²) in [6, 6.07) is 10.6. The Hall–Kier alpha value is -2.71. The fraction of sp³-hybridized carbons (Fsp3) is 0.560. The highest BCUT2D eigenvalue weighted by Crippen LogP contribution is 2.47. The van der Waals surface area contributed by atoms with Gasteiger partial charge in [-0.3, -0.25) is 9.80 Å². The van der Waals surface area contributed by atoms with Gasteiger partial charge in [-0.2, -0.15) is 4.98 Å². The molecular formula is C25H34N6O2. The van der Waals surface area contributed by atoms with Crippen LogP contribution < -0.4 is 10.2 Å². The summed E-state index contributed by atoms with van der Waals surface area (Å²) in [5.41, 5.74) is 2.18. The van der Waals surface area contributed by atoms with Gasteiger partial charge in [-0.15, -0.1) is 0 Å². The normalized spacial score (nSPS) is 25.2. The molecule has 0 bridgehead atoms. The van der Waals surface area contributed by atoms with Gasteiger partial charge < -0.3 is 15.0 Å². The van der Waals surface area contributed by atoms with E-state index in [1.165, 1.54) is 11.1 Å². The predicted molar refractivity (Wildman–Crippen MR) is 128 cm³/mol. The summed E-state index contributed by atoms with van der Waals surface area (Å²) >= 11 is 0. The smallest absolute Gasteiger partial charge is 0.416 e. The van der Waals surface area contributed by atoms with E-state index in [9.17, 15) is 4.79 Å². The van der Waals surface area contributed by atoms with Gasteiger partial charge in [-0.1, -0.05) is 24.3 Å². The van der Waals surface area contributed by atoms with Crippen LogP contribution in [-0.2, 0) is 11.3 Å². The van der Waals surface area contributed by atoms with Gasteiger partial charge in [0.05, 0.1) is 11.6 Å². The van der Waals surface area contributed by atoms with E-state index in [0.717, 1.165) is 45.6 Å². The lowest BCUT2D eigenvalue weighted by Crippen LogP contribution is -2.47. The maximum Gasteiger partial charge on any atom is 0.416 e. The van der Waals surface area contributed by atoms with E-state index < -0.39 is 0 Å². The van der Waals surface area contributed by atoms with Gasteiger partial charge in [0.25, 0.3) is 0 Å². The largest absolute Gasteiger partial charge is 0.447 e. The second-order valence-corrected chi connectivity index (χ2v) is 9.95. The molecule has 1 aromatic heterocycles. The molecule has 3 heterocycles. The van der Waals surface area contributed by atoms with Crippen molar-refractivity contribution < 1.29 is 9.53 Å². The van der Waals surface area contributed by atoms with Crippen molar-refractivity contribution in [3.63, 3.8) is 0 Å². The lowest BCUT2D eigenvalue weighted by Gasteiger charge is -2.32. The van der Waals surface area contributed by atoms with Gasteiger partial charge in [0.2, 0.25) is 5.95 Å². The number of aromatic nitrogens is 2. The van der Waals surface area contributed by atoms with Crippen molar-refractivity contribution in [2.24, 2.45) is 5.92 Å². The van der Waals surface area contributed by atoms with Crippen molar-refractivity contribution in [3.8, 4) is 0 Å². The number of amides is 1. The van der Waals surface area contributed by atoms with Crippen LogP contribution in [0.4, 0.5) is 16.6 Å². The molecule has 1 saturated carbocycles. The van der Waals surface area contributed by atoms with Gasteiger partial charge in [0.1, 0.15) is 12.4 Å². The molecule has 3 aliphatic rings. The van der Waals surface area contributed by atoms with Crippen LogP contribution in [0.2, 0.25) is 0 Å². The molecule has 0 radical (unpaired) electrons. The van der Waals surface area contributed by atoms with Crippen molar-refractivity contribution in [1.82, 2.24) is 19.8 Å². The first-order chi connectivity index (χ1) is 15.9. The monoisotopic (exact) mass is 450 g/mol. The fourth-order valence-electron chi connectivity index (χ4n) is 4.90. The lowest BCUT2D eigenvalue weighted by molar-refractivity contribution is 0.148. The summed E-state index contributed by atoms with van der Waals surface area (Å²) in [5.74, 6) is 1.58. The Bertz CT molecular complexity index is 987. The number of hydrogen-bond acceptors (Lipinski definition) is 7. The second-order valence-electron chi connectivity index (χ2n) is 9.95. The molecule has 1 aliphatic carbocycles. The van der Waals surface area contributed by atoms with Gasteiger partial charge in [-0.25, -0.2) is 9.78 Å². The molecule has 5 rings (SSSR count). The standard InChI is InChI=1S/C25H34N6O2/c1-18(20-6-4-19(5-7-20)16-30-14-12-29(3)13-15-30)27-23-26-11-10-22(28-23)31-24(32)33-17-25(31,2)21-8-9-21/h4-7,10-11,18,21H,8-9,12-17H2,1-3H3,(H,26,27,28)/t18-,25+/m0/s1. The molecule has 1 N–H and O–H groups in total. The van der Waals surface area contributed by atoms with Crippen molar-refractivity contribution in [1.29, 1.82) is 0 Å². The van der Waals surface area contributed by atoms with Crippen LogP contribution in [0.15, 0.2) is 36.5 Å². The minimum absolute atomic E-state index is 0.0401. The minimum atomic E-state index is -0.325. The predicted octanol–water partition coefficient (Wildman–Crippen LogP) is 3.52. The fourth-order valence-corrected chi connectivity index (χ4v) is 4.90. The first kappa shape index (κ1) is 22.1. The van der Waals surface area contributed by atoms with Crippen LogP contribution in [0.3, 0.4) is 0 Å². The van der Waals surface area contributed by atoms with E-state index in [2.05, 4.69) is 70.2 Å². The van der Waals surface area contributed by atoms with E-state index >= 15 is 0 Å². The number of anilines is 2. The summed E-state index contributed by atoms with van der Waals surface area (Å²) in [5, 5.41) is 3.40. The second kappa shape index (κ2) is 8.91. The third kappa shape index (κ3) is 4.68. The summed E-state index contributed by atoms with van der Waals surface area (Å²) in [6.07, 6.45) is 3.64. The maximum absolute atomic E-state index is 12.5. The highest BCUT2D eigenvalue weighted by atomic mass is 16.6. The number of nitrogens with zero attached hydrogens (tertiary/aromatic N) is 5. The van der Waals surface area contributed by atoms with Gasteiger partial charge in [-0.05, 0) is 56.8 Å². The molecule has 8 heteroatoms. The molecule has 0 spiro atoms. The van der Waals surface area contributed by atoms with Crippen LogP contribution in [0.25, 0.3) is 0 Å². The molecular weight excluding hydrogens is 416 g/mol. The number of nitrogens with one attached hydrogen (secondary N) is 1. The molecule has 1 aromatic carbocycles. The number of ether oxygens (including phenoxy) is 1. The molecule has 2 atom stereocenters. The number of likely N-dealkylation sites (N-methyl/N-ethyl adjacent to an activating group) is 1. The number of rotatable bonds is 7. The lowest BCUT2D eigenvalue weighted by atomic mass is 9.96. The molecule has 3 fully saturated rings. The van der Waals surface area contributed by atoms with E-state index in [0.29, 0.717) is 24.3 Å². The summed E-state index contributed by atoms with van der Waals surface area (Å²) < 4.78 is 5.40. The topological polar surface area (TPSA) is 73.8 Å². The van der Waals surface area contributed by atoms with E-state index in [-0.39, 0.29) is 17.7 Å². The van der Waals surface area contributed by atoms with Crippen molar-refractivity contribution in [2.45, 2.75) is 44.8 Å². The molecule has 2 aromatic rings. The molecule has 176 valence electrons. The van der Waals surface area contributed by atoms with Crippen LogP contribution in [-0.4, -0.2) is 71.2 Å². The first-order valence-corrected chi connectivity index (χ1v) is 12.0. The van der Waals surface area contributed by atoms with Crippen LogP contribution >= 0.6 is 0 Å². The van der Waals surface area contributed by atoms with Crippen molar-refractivity contribution in [3.05, 3.63) is 47.7 Å². The highest BCUT2D eigenvalue weighted by molar-refractivity contribution is 5.90. The number of carbonyl (C=O) groups excluding carboxylic acids is 1. The Kier molecular flexibility index (Phi) is 5.97. The number of carbonyl (C=O) groups is 1. The van der Waals surface area contributed by atoms with Gasteiger partial charge >= 0.3 is 6.09 Å². The Labute approximate surface area is 195 Å². The zero-order valence-electron chi connectivity index (χ0n) is 19.8. The van der Waals surface area contributed by atoms with Gasteiger partial charge in [0.15, 0.2) is 0 Å². The molecule has 1 amide bonds. The van der Waals surface area contributed by atoms with Crippen LogP contribution in [0.5, 0.6) is 0 Å². The molecule has 2 saturated heterocycles. The summed E-state index contributed by atoms with van der Waals surface area (Å²) in [6.45, 7) is 10.1. The Morgan fingerprint density at radius 2 is 1.88 bits per heavy atom. The van der Waals surface area contributed by atoms with Crippen LogP contribution in [0, 0.1) is 5.92 Å². The molecule has 2 aliphatic heterocycles. The Morgan fingerprint density at radius 1 is 1.15 bits per heavy atom. The van der Waals surface area contributed by atoms with Crippen LogP contribution in [0.1, 0.15) is 43.9 Å². The Morgan fingerprint density at radius 3 is 2.58 bits per heavy atom.